The van der Waals surface area contributed by atoms with E-state index in [0.29, 0.717) is 19.4 Å². The minimum absolute atomic E-state index is 0.152. The summed E-state index contributed by atoms with van der Waals surface area (Å²) in [7, 11) is 0. The third kappa shape index (κ3) is 4.17. The van der Waals surface area contributed by atoms with Gasteiger partial charge in [0.05, 0.1) is 35.8 Å². The number of nitrogens with one attached hydrogen (secondary N) is 1. The summed E-state index contributed by atoms with van der Waals surface area (Å²) in [6, 6.07) is -1.12. The fraction of sp³-hybridized carbons (Fsp3) is 0.875. The predicted octanol–water partition coefficient (Wildman–Crippen LogP) is 2.74. The van der Waals surface area contributed by atoms with Crippen LogP contribution in [0.5, 0.6) is 0 Å². The molecule has 1 spiro atoms. The molecule has 3 heterocycles. The van der Waals surface area contributed by atoms with Crippen molar-refractivity contribution in [1.29, 1.82) is 0 Å². The fourth-order valence-electron chi connectivity index (χ4n) is 6.15. The lowest BCUT2D eigenvalue weighted by molar-refractivity contribution is -0.155. The van der Waals surface area contributed by atoms with Crippen molar-refractivity contribution >= 4 is 29.5 Å². The van der Waals surface area contributed by atoms with Gasteiger partial charge in [-0.05, 0) is 45.4 Å². The number of ether oxygens (including phenoxy) is 1. The highest BCUT2D eigenvalue weighted by Gasteiger charge is 2.77. The van der Waals surface area contributed by atoms with Gasteiger partial charge in [0.1, 0.15) is 6.04 Å². The lowest BCUT2D eigenvalue weighted by atomic mass is 9.66. The summed E-state index contributed by atoms with van der Waals surface area (Å²) in [5.74, 6) is -1.55. The lowest BCUT2D eigenvalue weighted by Gasteiger charge is -2.37. The number of hydrogen-bond donors (Lipinski definition) is 2. The summed E-state index contributed by atoms with van der Waals surface area (Å²) in [5.41, 5.74) is 0. The monoisotopic (exact) mass is 468 g/mol. The molecule has 3 fully saturated rings. The molecular formula is C24H40N2O5S. The number of aliphatic hydroxyl groups excluding tert-OH is 1. The second-order valence-electron chi connectivity index (χ2n) is 10.2. The van der Waals surface area contributed by atoms with Crippen molar-refractivity contribution in [1.82, 2.24) is 10.2 Å². The molecule has 0 aromatic rings. The molecule has 3 aliphatic rings. The number of hydrogen-bond acceptors (Lipinski definition) is 6. The van der Waals surface area contributed by atoms with Gasteiger partial charge in [0.25, 0.3) is 0 Å². The van der Waals surface area contributed by atoms with Crippen LogP contribution >= 0.6 is 11.8 Å². The van der Waals surface area contributed by atoms with Gasteiger partial charge in [-0.3, -0.25) is 14.4 Å². The third-order valence-electron chi connectivity index (χ3n) is 7.43. The minimum Gasteiger partial charge on any atom is -0.466 e. The van der Waals surface area contributed by atoms with Crippen molar-refractivity contribution in [3.05, 3.63) is 0 Å². The van der Waals surface area contributed by atoms with E-state index in [1.165, 1.54) is 0 Å². The van der Waals surface area contributed by atoms with E-state index in [1.54, 1.807) is 23.6 Å². The van der Waals surface area contributed by atoms with E-state index < -0.39 is 33.4 Å². The van der Waals surface area contributed by atoms with E-state index in [9.17, 15) is 19.5 Å². The Kier molecular flexibility index (Phi) is 7.85. The molecule has 2 bridgehead atoms. The zero-order valence-electron chi connectivity index (χ0n) is 20.2. The molecule has 3 saturated heterocycles. The van der Waals surface area contributed by atoms with Crippen LogP contribution in [-0.2, 0) is 19.1 Å². The third-order valence-corrected chi connectivity index (χ3v) is 9.42. The number of carbonyl (C=O) groups is 3. The molecule has 2 amide bonds. The van der Waals surface area contributed by atoms with Gasteiger partial charge in [-0.2, -0.15) is 0 Å². The first-order valence-electron chi connectivity index (χ1n) is 12.2. The zero-order valence-corrected chi connectivity index (χ0v) is 21.0. The van der Waals surface area contributed by atoms with Gasteiger partial charge < -0.3 is 20.1 Å². The number of likely N-dealkylation sites (tertiary alicyclic amines) is 1. The number of thioether (sulfide) groups is 1. The number of carbonyl (C=O) groups excluding carboxylic acids is 3. The SMILES string of the molecule is CCCCCNC(=O)C1N([C@@H](CO)CC(C)C)C(=O)[C@@H]2[C@@H](C(=O)OCC)[C@@]3(C)CCC12S3. The molecule has 3 aliphatic heterocycles. The van der Waals surface area contributed by atoms with Gasteiger partial charge in [0, 0.05) is 11.3 Å². The summed E-state index contributed by atoms with van der Waals surface area (Å²) >= 11 is 1.64. The van der Waals surface area contributed by atoms with E-state index in [1.807, 2.05) is 20.8 Å². The molecule has 7 nitrogen and oxygen atoms in total. The van der Waals surface area contributed by atoms with E-state index >= 15 is 0 Å². The molecule has 0 aliphatic carbocycles. The van der Waals surface area contributed by atoms with E-state index in [0.717, 1.165) is 25.7 Å². The summed E-state index contributed by atoms with van der Waals surface area (Å²) in [5, 5.41) is 13.3. The summed E-state index contributed by atoms with van der Waals surface area (Å²) in [6.45, 7) is 10.7. The Hall–Kier alpha value is -1.28. The number of aliphatic hydroxyl groups is 1. The molecule has 0 saturated carbocycles. The molecular weight excluding hydrogens is 428 g/mol. The first-order valence-corrected chi connectivity index (χ1v) is 13.1. The normalized spacial score (nSPS) is 34.2. The Morgan fingerprint density at radius 1 is 1.28 bits per heavy atom. The van der Waals surface area contributed by atoms with Gasteiger partial charge in [-0.15, -0.1) is 11.8 Å². The van der Waals surface area contributed by atoms with E-state index in [2.05, 4.69) is 12.2 Å². The van der Waals surface area contributed by atoms with Crippen LogP contribution in [0.2, 0.25) is 0 Å². The van der Waals surface area contributed by atoms with Gasteiger partial charge >= 0.3 is 5.97 Å². The van der Waals surface area contributed by atoms with Crippen LogP contribution in [0.15, 0.2) is 0 Å². The van der Waals surface area contributed by atoms with Crippen molar-refractivity contribution in [3.8, 4) is 0 Å². The van der Waals surface area contributed by atoms with E-state index in [4.69, 9.17) is 4.74 Å². The Morgan fingerprint density at radius 2 is 2.00 bits per heavy atom. The molecule has 3 rings (SSSR count). The van der Waals surface area contributed by atoms with Crippen LogP contribution in [0.4, 0.5) is 0 Å². The van der Waals surface area contributed by atoms with Gasteiger partial charge in [-0.1, -0.05) is 33.6 Å². The number of fused-ring (bicyclic) bond motifs is 1. The standard InChI is InChI=1S/C24H40N2O5S/c1-6-8-9-12-25-20(28)19-24-11-10-23(5,32-24)18(22(30)31-7-2)17(24)21(29)26(19)16(14-27)13-15(3)4/h15-19,27H,6-14H2,1-5H3,(H,25,28)/t16-,17+,18+,19?,23-,24?/m1/s1. The molecule has 0 aromatic heterocycles. The van der Waals surface area contributed by atoms with Gasteiger partial charge in [-0.25, -0.2) is 0 Å². The summed E-state index contributed by atoms with van der Waals surface area (Å²) < 4.78 is 4.34. The largest absolute Gasteiger partial charge is 0.466 e. The average molecular weight is 469 g/mol. The second kappa shape index (κ2) is 9.92. The van der Waals surface area contributed by atoms with Crippen LogP contribution in [0.1, 0.15) is 73.1 Å². The highest BCUT2D eigenvalue weighted by atomic mass is 32.2. The average Bonchev–Trinajstić information content (AvgIpc) is 3.30. The fourth-order valence-corrected chi connectivity index (χ4v) is 8.48. The van der Waals surface area contributed by atoms with Crippen molar-refractivity contribution < 1.29 is 24.2 Å². The quantitative estimate of drug-likeness (QED) is 0.358. The predicted molar refractivity (Wildman–Crippen MR) is 125 cm³/mol. The number of esters is 1. The number of nitrogens with zero attached hydrogens (tertiary/aromatic N) is 1. The van der Waals surface area contributed by atoms with Crippen molar-refractivity contribution in [2.45, 2.75) is 94.7 Å². The highest BCUT2D eigenvalue weighted by molar-refractivity contribution is 8.02. The first-order chi connectivity index (χ1) is 15.2. The maximum Gasteiger partial charge on any atom is 0.311 e. The van der Waals surface area contributed by atoms with Crippen LogP contribution in [0.25, 0.3) is 0 Å². The second-order valence-corrected chi connectivity index (χ2v) is 12.1. The Bertz CT molecular complexity index is 731. The molecule has 2 N–H and O–H groups in total. The highest BCUT2D eigenvalue weighted by Crippen LogP contribution is 2.71. The van der Waals surface area contributed by atoms with E-state index in [-0.39, 0.29) is 36.9 Å². The zero-order chi connectivity index (χ0) is 23.7. The van der Waals surface area contributed by atoms with Crippen molar-refractivity contribution in [2.24, 2.45) is 17.8 Å². The van der Waals surface area contributed by atoms with Crippen LogP contribution in [-0.4, -0.2) is 69.1 Å². The molecule has 0 radical (unpaired) electrons. The maximum absolute atomic E-state index is 13.9. The van der Waals surface area contributed by atoms with Gasteiger partial charge in [0.2, 0.25) is 11.8 Å². The van der Waals surface area contributed by atoms with Crippen LogP contribution in [0, 0.1) is 17.8 Å². The smallest absolute Gasteiger partial charge is 0.311 e. The minimum atomic E-state index is -0.677. The van der Waals surface area contributed by atoms with Crippen molar-refractivity contribution in [2.75, 3.05) is 19.8 Å². The molecule has 182 valence electrons. The van der Waals surface area contributed by atoms with Crippen LogP contribution < -0.4 is 5.32 Å². The Balaban J connectivity index is 2.00. The molecule has 0 aromatic carbocycles. The topological polar surface area (TPSA) is 95.9 Å². The summed E-state index contributed by atoms with van der Waals surface area (Å²) in [6.07, 6.45) is 5.08. The number of amides is 2. The molecule has 8 heteroatoms. The number of rotatable bonds is 11. The maximum atomic E-state index is 13.9. The lowest BCUT2D eigenvalue weighted by Crippen LogP contribution is -2.56. The molecule has 6 atom stereocenters. The van der Waals surface area contributed by atoms with Crippen LogP contribution in [0.3, 0.4) is 0 Å². The number of unbranched alkanes of at least 4 members (excludes halogenated alkanes) is 2. The molecule has 32 heavy (non-hydrogen) atoms. The Morgan fingerprint density at radius 3 is 2.59 bits per heavy atom. The first kappa shape index (κ1) is 25.3. The molecule has 2 unspecified atom stereocenters. The summed E-state index contributed by atoms with van der Waals surface area (Å²) in [4.78, 5) is 42.2. The van der Waals surface area contributed by atoms with Crippen molar-refractivity contribution in [3.63, 3.8) is 0 Å². The van der Waals surface area contributed by atoms with Gasteiger partial charge in [0.15, 0.2) is 0 Å². The Labute approximate surface area is 196 Å².